The molecule has 0 spiro atoms. The van der Waals surface area contributed by atoms with E-state index in [1.807, 2.05) is 21.1 Å². The summed E-state index contributed by atoms with van der Waals surface area (Å²) in [7, 11) is 1.15. The third-order valence-electron chi connectivity index (χ3n) is 8.61. The third-order valence-corrected chi connectivity index (χ3v) is 9.58. The maximum atomic E-state index is 12.6. The maximum absolute atomic E-state index is 12.6. The number of carbonyl (C=O) groups is 2. The lowest BCUT2D eigenvalue weighted by molar-refractivity contribution is -0.870. The van der Waals surface area contributed by atoms with Crippen LogP contribution in [0, 0.1) is 0 Å². The number of nitrogens with zero attached hydrogens (tertiary/aromatic N) is 1. The largest absolute Gasteiger partial charge is 0.756 e. The van der Waals surface area contributed by atoms with Gasteiger partial charge in [-0.2, -0.15) is 0 Å². The second kappa shape index (κ2) is 35.7. The van der Waals surface area contributed by atoms with E-state index in [1.165, 1.54) is 51.4 Å². The number of unbranched alkanes of at least 4 members (excludes halogenated alkanes) is 15. The molecule has 53 heavy (non-hydrogen) atoms. The Morgan fingerprint density at radius 2 is 1.08 bits per heavy atom. The van der Waals surface area contributed by atoms with Gasteiger partial charge < -0.3 is 27.9 Å². The molecule has 0 amide bonds. The van der Waals surface area contributed by atoms with Crippen molar-refractivity contribution in [2.75, 3.05) is 47.5 Å². The highest BCUT2D eigenvalue weighted by atomic mass is 31.2. The zero-order valence-corrected chi connectivity index (χ0v) is 35.3. The SMILES string of the molecule is CC/C=C\C/C=C\C/C=C\C/C=C\CCCCCCC(=O)OC[C@H](COP(=O)([O-])OCC[N+](C)(C)C)OC(=O)CCCCCCCCCCCCCC. The molecule has 1 unspecified atom stereocenters. The van der Waals surface area contributed by atoms with Crippen LogP contribution in [-0.2, 0) is 32.7 Å². The van der Waals surface area contributed by atoms with E-state index in [9.17, 15) is 19.0 Å². The van der Waals surface area contributed by atoms with Crippen LogP contribution in [-0.4, -0.2) is 70.0 Å². The van der Waals surface area contributed by atoms with Gasteiger partial charge in [0.1, 0.15) is 19.8 Å². The van der Waals surface area contributed by atoms with Gasteiger partial charge in [-0.25, -0.2) is 0 Å². The van der Waals surface area contributed by atoms with Gasteiger partial charge in [-0.3, -0.25) is 14.2 Å². The number of quaternary nitrogens is 1. The summed E-state index contributed by atoms with van der Waals surface area (Å²) in [6.07, 6.45) is 39.9. The average molecular weight is 768 g/mol. The van der Waals surface area contributed by atoms with Crippen molar-refractivity contribution in [3.63, 3.8) is 0 Å². The number of hydrogen-bond acceptors (Lipinski definition) is 8. The van der Waals surface area contributed by atoms with Crippen LogP contribution in [0.2, 0.25) is 0 Å². The van der Waals surface area contributed by atoms with Crippen LogP contribution in [0.1, 0.15) is 162 Å². The van der Waals surface area contributed by atoms with Gasteiger partial charge >= 0.3 is 11.9 Å². The highest BCUT2D eigenvalue weighted by molar-refractivity contribution is 7.45. The molecule has 0 aliphatic carbocycles. The minimum atomic E-state index is -4.63. The summed E-state index contributed by atoms with van der Waals surface area (Å²) >= 11 is 0. The number of rotatable bonds is 37. The molecule has 0 rings (SSSR count). The van der Waals surface area contributed by atoms with E-state index in [4.69, 9.17) is 18.5 Å². The van der Waals surface area contributed by atoms with Crippen molar-refractivity contribution in [1.29, 1.82) is 0 Å². The summed E-state index contributed by atoms with van der Waals surface area (Å²) in [4.78, 5) is 37.4. The van der Waals surface area contributed by atoms with Gasteiger partial charge in [0.25, 0.3) is 7.82 Å². The molecule has 308 valence electrons. The molecule has 0 radical (unpaired) electrons. The molecule has 0 aliphatic heterocycles. The monoisotopic (exact) mass is 768 g/mol. The van der Waals surface area contributed by atoms with Gasteiger partial charge in [-0.15, -0.1) is 0 Å². The van der Waals surface area contributed by atoms with Gasteiger partial charge in [0.05, 0.1) is 27.7 Å². The first-order chi connectivity index (χ1) is 25.5. The lowest BCUT2D eigenvalue weighted by atomic mass is 10.0. The van der Waals surface area contributed by atoms with Crippen LogP contribution < -0.4 is 4.89 Å². The Morgan fingerprint density at radius 3 is 1.60 bits per heavy atom. The molecule has 0 N–H and O–H groups in total. The highest BCUT2D eigenvalue weighted by Crippen LogP contribution is 2.38. The zero-order valence-electron chi connectivity index (χ0n) is 34.4. The minimum absolute atomic E-state index is 0.0356. The van der Waals surface area contributed by atoms with Crippen LogP contribution >= 0.6 is 7.82 Å². The van der Waals surface area contributed by atoms with Crippen LogP contribution in [0.4, 0.5) is 0 Å². The molecule has 0 aliphatic rings. The lowest BCUT2D eigenvalue weighted by Gasteiger charge is -2.28. The maximum Gasteiger partial charge on any atom is 0.306 e. The average Bonchev–Trinajstić information content (AvgIpc) is 3.10. The van der Waals surface area contributed by atoms with Gasteiger partial charge in [0, 0.05) is 12.8 Å². The standard InChI is InChI=1S/C43H78NO8P/c1-6-8-10-12-14-16-18-20-21-22-23-24-26-27-29-31-33-35-42(45)49-39-41(40-51-53(47,48)50-38-37-44(3,4)5)52-43(46)36-34-32-30-28-25-19-17-15-13-11-9-7-2/h8,10,14,16,20-21,23-24,41H,6-7,9,11-13,15,17-19,22,25-40H2,1-5H3/b10-8-,16-14-,21-20-,24-23-/t41-/m1/s1. The van der Waals surface area contributed by atoms with Crippen molar-refractivity contribution >= 4 is 19.8 Å². The number of phosphoric acid groups is 1. The molecule has 0 aromatic rings. The molecule has 9 nitrogen and oxygen atoms in total. The van der Waals surface area contributed by atoms with Crippen molar-refractivity contribution in [3.8, 4) is 0 Å². The number of carbonyl (C=O) groups excluding carboxylic acids is 2. The van der Waals surface area contributed by atoms with Crippen molar-refractivity contribution in [1.82, 2.24) is 0 Å². The van der Waals surface area contributed by atoms with E-state index in [0.717, 1.165) is 70.6 Å². The van der Waals surface area contributed by atoms with E-state index in [0.29, 0.717) is 23.9 Å². The number of esters is 2. The van der Waals surface area contributed by atoms with Gasteiger partial charge in [0.15, 0.2) is 6.10 Å². The molecule has 2 atom stereocenters. The molecular formula is C43H78NO8P. The fraction of sp³-hybridized carbons (Fsp3) is 0.767. The number of allylic oxidation sites excluding steroid dienone is 8. The van der Waals surface area contributed by atoms with E-state index >= 15 is 0 Å². The Kier molecular flexibility index (Phi) is 34.3. The topological polar surface area (TPSA) is 111 Å². The fourth-order valence-electron chi connectivity index (χ4n) is 5.35. The number of hydrogen-bond donors (Lipinski definition) is 0. The molecule has 0 fully saturated rings. The predicted octanol–water partition coefficient (Wildman–Crippen LogP) is 10.9. The first-order valence-electron chi connectivity index (χ1n) is 20.8. The van der Waals surface area contributed by atoms with E-state index < -0.39 is 32.5 Å². The summed E-state index contributed by atoms with van der Waals surface area (Å²) in [5.74, 6) is -0.864. The summed E-state index contributed by atoms with van der Waals surface area (Å²) in [6.45, 7) is 4.07. The van der Waals surface area contributed by atoms with E-state index in [-0.39, 0.29) is 26.1 Å². The number of phosphoric ester groups is 1. The Balaban J connectivity index is 4.42. The van der Waals surface area contributed by atoms with E-state index in [2.05, 4.69) is 62.5 Å². The molecule has 0 bridgehead atoms. The smallest absolute Gasteiger partial charge is 0.306 e. The summed E-state index contributed by atoms with van der Waals surface area (Å²) in [5, 5.41) is 0. The second-order valence-electron chi connectivity index (χ2n) is 15.0. The second-order valence-corrected chi connectivity index (χ2v) is 16.4. The van der Waals surface area contributed by atoms with E-state index in [1.54, 1.807) is 0 Å². The quantitative estimate of drug-likeness (QED) is 0.0202. The van der Waals surface area contributed by atoms with Crippen LogP contribution in [0.5, 0.6) is 0 Å². The highest BCUT2D eigenvalue weighted by Gasteiger charge is 2.21. The van der Waals surface area contributed by atoms with Gasteiger partial charge in [-0.1, -0.05) is 146 Å². The summed E-state index contributed by atoms with van der Waals surface area (Å²) < 4.78 is 33.8. The van der Waals surface area contributed by atoms with Crippen LogP contribution in [0.15, 0.2) is 48.6 Å². The zero-order chi connectivity index (χ0) is 39.3. The molecular weight excluding hydrogens is 689 g/mol. The molecule has 0 heterocycles. The van der Waals surface area contributed by atoms with Crippen LogP contribution in [0.3, 0.4) is 0 Å². The van der Waals surface area contributed by atoms with Crippen molar-refractivity contribution in [2.24, 2.45) is 0 Å². The Hall–Kier alpha value is -2.03. The first kappa shape index (κ1) is 51.0. The fourth-order valence-corrected chi connectivity index (χ4v) is 6.08. The number of ether oxygens (including phenoxy) is 2. The van der Waals surface area contributed by atoms with Crippen LogP contribution in [0.25, 0.3) is 0 Å². The summed E-state index contributed by atoms with van der Waals surface area (Å²) in [5.41, 5.74) is 0. The molecule has 10 heteroatoms. The van der Waals surface area contributed by atoms with Crippen molar-refractivity contribution < 1.29 is 42.1 Å². The van der Waals surface area contributed by atoms with Gasteiger partial charge in [-0.05, 0) is 51.4 Å². The Morgan fingerprint density at radius 1 is 0.604 bits per heavy atom. The summed E-state index contributed by atoms with van der Waals surface area (Å²) in [6, 6.07) is 0. The predicted molar refractivity (Wildman–Crippen MR) is 217 cm³/mol. The number of likely N-dealkylation sites (N-methyl/N-ethyl adjacent to an activating group) is 1. The molecule has 0 saturated heterocycles. The van der Waals surface area contributed by atoms with Crippen molar-refractivity contribution in [2.45, 2.75) is 168 Å². The Bertz CT molecular complexity index is 1050. The van der Waals surface area contributed by atoms with Crippen molar-refractivity contribution in [3.05, 3.63) is 48.6 Å². The first-order valence-corrected chi connectivity index (χ1v) is 22.3. The third kappa shape index (κ3) is 39.5. The minimum Gasteiger partial charge on any atom is -0.756 e. The van der Waals surface area contributed by atoms with Gasteiger partial charge in [0.2, 0.25) is 0 Å². The molecule has 0 saturated carbocycles. The normalized spacial score (nSPS) is 14.2. The molecule has 0 aromatic heterocycles. The lowest BCUT2D eigenvalue weighted by Crippen LogP contribution is -2.37. The molecule has 0 aromatic carbocycles. The Labute approximate surface area is 324 Å².